The summed E-state index contributed by atoms with van der Waals surface area (Å²) in [5.74, 6) is 2.95. The molecule has 5 rings (SSSR count). The first-order valence-electron chi connectivity index (χ1n) is 9.33. The largest absolute Gasteiger partial charge is 0.479 e. The van der Waals surface area contributed by atoms with Crippen LogP contribution >= 0.6 is 15.9 Å². The van der Waals surface area contributed by atoms with E-state index in [2.05, 4.69) is 52.3 Å². The molecule has 4 atom stereocenters. The lowest BCUT2D eigenvalue weighted by Crippen LogP contribution is -2.58. The van der Waals surface area contributed by atoms with Crippen LogP contribution < -0.4 is 15.6 Å². The molecule has 3 fully saturated rings. The van der Waals surface area contributed by atoms with Gasteiger partial charge in [0.25, 0.3) is 11.4 Å². The number of nitrogens with one attached hydrogen (secondary N) is 1. The van der Waals surface area contributed by atoms with Gasteiger partial charge in [0.1, 0.15) is 11.0 Å². The summed E-state index contributed by atoms with van der Waals surface area (Å²) < 4.78 is 12.0. The van der Waals surface area contributed by atoms with Crippen molar-refractivity contribution in [2.75, 3.05) is 12.4 Å². The molecule has 2 aromatic heterocycles. The third-order valence-corrected chi connectivity index (χ3v) is 7.50. The van der Waals surface area contributed by atoms with Crippen LogP contribution in [-0.2, 0) is 6.54 Å². The highest BCUT2D eigenvalue weighted by Gasteiger charge is 2.56. The Balaban J connectivity index is 1.50. The maximum atomic E-state index is 12.7. The van der Waals surface area contributed by atoms with E-state index in [1.54, 1.807) is 12.3 Å². The van der Waals surface area contributed by atoms with E-state index < -0.39 is 0 Å². The Labute approximate surface area is 166 Å². The van der Waals surface area contributed by atoms with Gasteiger partial charge < -0.3 is 14.6 Å². The van der Waals surface area contributed by atoms with Crippen LogP contribution in [0.1, 0.15) is 39.4 Å². The Morgan fingerprint density at radius 1 is 1.44 bits per heavy atom. The molecule has 0 saturated heterocycles. The summed E-state index contributed by atoms with van der Waals surface area (Å²) in [5, 5.41) is 11.6. The summed E-state index contributed by atoms with van der Waals surface area (Å²) in [4.78, 5) is 12.7. The fourth-order valence-corrected chi connectivity index (χ4v) is 5.25. The van der Waals surface area contributed by atoms with Crippen LogP contribution in [0.25, 0.3) is 0 Å². The molecule has 2 bridgehead atoms. The second kappa shape index (κ2) is 6.65. The summed E-state index contributed by atoms with van der Waals surface area (Å²) in [6.45, 7) is 7.29. The zero-order valence-corrected chi connectivity index (χ0v) is 17.6. The zero-order valence-electron chi connectivity index (χ0n) is 16.0. The average molecular weight is 437 g/mol. The minimum Gasteiger partial charge on any atom is -0.479 e. The third-order valence-electron chi connectivity index (χ3n) is 6.73. The summed E-state index contributed by atoms with van der Waals surface area (Å²) in [7, 11) is 1.51. The van der Waals surface area contributed by atoms with E-state index in [1.807, 2.05) is 0 Å². The number of hydrogen-bond donors (Lipinski definition) is 1. The highest BCUT2D eigenvalue weighted by atomic mass is 79.9. The molecule has 0 aromatic carbocycles. The standard InChI is InChI=1S/C19H25BrN4O3/c1-10-13-5-11(19(13,2)3)6-14(10)22-15-8-21-24(18(25)17(15)20)9-12-7-16(26-4)23-27-12/h7-8,10-11,13-14,22H,5-6,9H2,1-4H3/t10-,11?,13?,14-/m1/s1. The molecule has 146 valence electrons. The molecule has 3 aliphatic carbocycles. The Bertz CT molecular complexity index is 907. The molecule has 3 saturated carbocycles. The lowest BCUT2D eigenvalue weighted by atomic mass is 9.45. The Kier molecular flexibility index (Phi) is 4.56. The van der Waals surface area contributed by atoms with Crippen molar-refractivity contribution in [3.63, 3.8) is 0 Å². The van der Waals surface area contributed by atoms with Gasteiger partial charge in [-0.15, -0.1) is 0 Å². The molecule has 0 radical (unpaired) electrons. The van der Waals surface area contributed by atoms with E-state index in [9.17, 15) is 4.79 Å². The van der Waals surface area contributed by atoms with Crippen molar-refractivity contribution in [2.24, 2.45) is 23.2 Å². The minimum atomic E-state index is -0.204. The van der Waals surface area contributed by atoms with E-state index >= 15 is 0 Å². The van der Waals surface area contributed by atoms with E-state index in [0.717, 1.165) is 23.9 Å². The van der Waals surface area contributed by atoms with Gasteiger partial charge in [-0.05, 0) is 57.1 Å². The molecule has 0 spiro atoms. The molecule has 0 aliphatic heterocycles. The van der Waals surface area contributed by atoms with Crippen molar-refractivity contribution in [3.8, 4) is 5.88 Å². The van der Waals surface area contributed by atoms with E-state index in [0.29, 0.717) is 33.5 Å². The summed E-state index contributed by atoms with van der Waals surface area (Å²) in [6.07, 6.45) is 4.17. The zero-order chi connectivity index (χ0) is 19.3. The number of hydrogen-bond acceptors (Lipinski definition) is 6. The predicted molar refractivity (Wildman–Crippen MR) is 105 cm³/mol. The normalized spacial score (nSPS) is 28.5. The maximum Gasteiger partial charge on any atom is 0.283 e. The van der Waals surface area contributed by atoms with Gasteiger partial charge in [-0.2, -0.15) is 5.10 Å². The molecule has 1 N–H and O–H groups in total. The van der Waals surface area contributed by atoms with E-state index in [1.165, 1.54) is 18.2 Å². The van der Waals surface area contributed by atoms with Gasteiger partial charge in [0.2, 0.25) is 0 Å². The number of aromatic nitrogens is 3. The summed E-state index contributed by atoms with van der Waals surface area (Å²) in [5.41, 5.74) is 0.987. The quantitative estimate of drug-likeness (QED) is 0.771. The number of nitrogens with zero attached hydrogens (tertiary/aromatic N) is 3. The second-order valence-corrected chi connectivity index (χ2v) is 9.17. The van der Waals surface area contributed by atoms with Gasteiger partial charge in [0.05, 0.1) is 19.0 Å². The highest BCUT2D eigenvalue weighted by Crippen LogP contribution is 2.61. The Morgan fingerprint density at radius 3 is 2.85 bits per heavy atom. The molecular formula is C19H25BrN4O3. The minimum absolute atomic E-state index is 0.201. The molecular weight excluding hydrogens is 412 g/mol. The van der Waals surface area contributed by atoms with Crippen LogP contribution in [0.4, 0.5) is 5.69 Å². The van der Waals surface area contributed by atoms with Gasteiger partial charge in [0.15, 0.2) is 5.76 Å². The van der Waals surface area contributed by atoms with Gasteiger partial charge in [-0.3, -0.25) is 4.79 Å². The van der Waals surface area contributed by atoms with Crippen LogP contribution in [0.15, 0.2) is 26.1 Å². The Morgan fingerprint density at radius 2 is 2.22 bits per heavy atom. The first-order chi connectivity index (χ1) is 12.8. The lowest BCUT2D eigenvalue weighted by molar-refractivity contribution is -0.105. The molecule has 0 amide bonds. The average Bonchev–Trinajstić information content (AvgIpc) is 3.10. The molecule has 3 aliphatic rings. The summed E-state index contributed by atoms with van der Waals surface area (Å²) in [6, 6.07) is 2.01. The van der Waals surface area contributed by atoms with Crippen molar-refractivity contribution in [1.82, 2.24) is 14.9 Å². The van der Waals surface area contributed by atoms with Crippen molar-refractivity contribution in [3.05, 3.63) is 32.8 Å². The first kappa shape index (κ1) is 18.5. The fraction of sp³-hybridized carbons (Fsp3) is 0.632. The van der Waals surface area contributed by atoms with Crippen LogP contribution in [0.3, 0.4) is 0 Å². The van der Waals surface area contributed by atoms with Gasteiger partial charge in [-0.1, -0.05) is 20.8 Å². The second-order valence-electron chi connectivity index (χ2n) is 8.38. The number of halogens is 1. The van der Waals surface area contributed by atoms with Crippen molar-refractivity contribution in [2.45, 2.75) is 46.2 Å². The van der Waals surface area contributed by atoms with Crippen LogP contribution in [0.5, 0.6) is 5.88 Å². The monoisotopic (exact) mass is 436 g/mol. The van der Waals surface area contributed by atoms with Crippen molar-refractivity contribution < 1.29 is 9.26 Å². The first-order valence-corrected chi connectivity index (χ1v) is 10.1. The van der Waals surface area contributed by atoms with Crippen molar-refractivity contribution >= 4 is 21.6 Å². The molecule has 2 aromatic rings. The van der Waals surface area contributed by atoms with E-state index in [4.69, 9.17) is 9.26 Å². The SMILES string of the molecule is COc1cc(Cn2ncc(N[C@@H]3CC4CC([C@H]3C)C4(C)C)c(Br)c2=O)on1. The molecule has 2 heterocycles. The van der Waals surface area contributed by atoms with Crippen LogP contribution in [0.2, 0.25) is 0 Å². The van der Waals surface area contributed by atoms with E-state index in [-0.39, 0.29) is 12.1 Å². The third kappa shape index (κ3) is 3.07. The number of ether oxygens (including phenoxy) is 1. The smallest absolute Gasteiger partial charge is 0.283 e. The van der Waals surface area contributed by atoms with Crippen molar-refractivity contribution in [1.29, 1.82) is 0 Å². The van der Waals surface area contributed by atoms with Gasteiger partial charge in [-0.25, -0.2) is 4.68 Å². The Hall–Kier alpha value is -1.83. The number of anilines is 1. The number of rotatable bonds is 5. The summed E-state index contributed by atoms with van der Waals surface area (Å²) >= 11 is 3.45. The van der Waals surface area contributed by atoms with Crippen LogP contribution in [-0.4, -0.2) is 28.1 Å². The molecule has 2 unspecified atom stereocenters. The number of methoxy groups -OCH3 is 1. The highest BCUT2D eigenvalue weighted by molar-refractivity contribution is 9.10. The predicted octanol–water partition coefficient (Wildman–Crippen LogP) is 3.53. The maximum absolute atomic E-state index is 12.7. The van der Waals surface area contributed by atoms with Gasteiger partial charge >= 0.3 is 0 Å². The molecule has 27 heavy (non-hydrogen) atoms. The molecule has 8 heteroatoms. The van der Waals surface area contributed by atoms with Gasteiger partial charge in [0, 0.05) is 12.1 Å². The molecule has 7 nitrogen and oxygen atoms in total. The topological polar surface area (TPSA) is 82.2 Å². The fourth-order valence-electron chi connectivity index (χ4n) is 4.83. The number of fused-ring (bicyclic) bond motifs is 2. The van der Waals surface area contributed by atoms with Crippen LogP contribution in [0, 0.1) is 23.2 Å². The lowest BCUT2D eigenvalue weighted by Gasteiger charge is -2.62.